The fourth-order valence-electron chi connectivity index (χ4n) is 4.19. The van der Waals surface area contributed by atoms with E-state index in [1.54, 1.807) is 18.2 Å². The Bertz CT molecular complexity index is 1290. The lowest BCUT2D eigenvalue weighted by molar-refractivity contribution is 0.122. The van der Waals surface area contributed by atoms with E-state index in [4.69, 9.17) is 9.47 Å². The summed E-state index contributed by atoms with van der Waals surface area (Å²) in [5.41, 5.74) is 1.20. The van der Waals surface area contributed by atoms with Crippen molar-refractivity contribution in [2.75, 3.05) is 44.9 Å². The number of hydrogen-bond donors (Lipinski definition) is 1. The number of carbonyl (C=O) groups is 1. The summed E-state index contributed by atoms with van der Waals surface area (Å²) in [7, 11) is 1.44. The Balaban J connectivity index is 1.72. The van der Waals surface area contributed by atoms with Crippen molar-refractivity contribution in [1.29, 1.82) is 0 Å². The largest absolute Gasteiger partial charge is 0.494 e. The number of anilines is 1. The number of fused-ring (bicyclic) bond motifs is 1. The summed E-state index contributed by atoms with van der Waals surface area (Å²) >= 11 is 0. The van der Waals surface area contributed by atoms with Crippen molar-refractivity contribution in [2.45, 2.75) is 19.3 Å². The van der Waals surface area contributed by atoms with Crippen molar-refractivity contribution in [3.05, 3.63) is 36.0 Å². The molecule has 0 radical (unpaired) electrons. The summed E-state index contributed by atoms with van der Waals surface area (Å²) in [6.07, 6.45) is -1.39. The minimum atomic E-state index is -2.91. The van der Waals surface area contributed by atoms with Crippen LogP contribution in [0.5, 0.6) is 5.75 Å². The van der Waals surface area contributed by atoms with Crippen LogP contribution in [0.4, 0.5) is 19.5 Å². The van der Waals surface area contributed by atoms with Crippen LogP contribution in [0.2, 0.25) is 0 Å². The van der Waals surface area contributed by atoms with Crippen LogP contribution in [0.25, 0.3) is 22.6 Å². The number of hydrogen-bond acceptors (Lipinski definition) is 8. The summed E-state index contributed by atoms with van der Waals surface area (Å²) in [5.74, 6) is 0.312. The standard InChI is InChI=1S/C22H23F2N7O4/c1-34-15-6-2-5-14-16(15)25-19(17(23)24)31(14)21-27-18(13-4-3-7-30(12-13)22(32)33)26-20(28-21)29-8-10-35-11-9-29/h2,5-6,12,17H,3-4,7-11H2,1H3,(H,32,33). The maximum Gasteiger partial charge on any atom is 0.411 e. The van der Waals surface area contributed by atoms with Gasteiger partial charge in [0, 0.05) is 31.4 Å². The van der Waals surface area contributed by atoms with Crippen LogP contribution in [0.3, 0.4) is 0 Å². The quantitative estimate of drug-likeness (QED) is 0.579. The predicted octanol–water partition coefficient (Wildman–Crippen LogP) is 3.11. The van der Waals surface area contributed by atoms with E-state index in [-0.39, 0.29) is 17.3 Å². The Labute approximate surface area is 198 Å². The van der Waals surface area contributed by atoms with Gasteiger partial charge in [-0.05, 0) is 25.0 Å². The first-order valence-electron chi connectivity index (χ1n) is 11.1. The number of para-hydroxylation sites is 1. The van der Waals surface area contributed by atoms with Crippen LogP contribution < -0.4 is 9.64 Å². The van der Waals surface area contributed by atoms with Gasteiger partial charge in [-0.1, -0.05) is 6.07 Å². The maximum atomic E-state index is 14.1. The number of carboxylic acid groups (broad SMARTS) is 1. The van der Waals surface area contributed by atoms with Crippen LogP contribution in [-0.2, 0) is 4.74 Å². The van der Waals surface area contributed by atoms with Gasteiger partial charge in [-0.2, -0.15) is 15.0 Å². The van der Waals surface area contributed by atoms with Gasteiger partial charge in [0.25, 0.3) is 6.43 Å². The second-order valence-corrected chi connectivity index (χ2v) is 8.03. The number of allylic oxidation sites excluding steroid dienone is 1. The fraction of sp³-hybridized carbons (Fsp3) is 0.409. The molecule has 184 valence electrons. The lowest BCUT2D eigenvalue weighted by Gasteiger charge is -2.28. The third-order valence-corrected chi connectivity index (χ3v) is 5.88. The highest BCUT2D eigenvalue weighted by Gasteiger charge is 2.27. The first-order chi connectivity index (χ1) is 17.0. The number of amides is 1. The van der Waals surface area contributed by atoms with Gasteiger partial charge in [0.15, 0.2) is 11.6 Å². The molecule has 2 aliphatic rings. The van der Waals surface area contributed by atoms with Gasteiger partial charge in [-0.3, -0.25) is 9.47 Å². The van der Waals surface area contributed by atoms with Crippen molar-refractivity contribution in [2.24, 2.45) is 0 Å². The minimum absolute atomic E-state index is 0.0316. The molecule has 5 rings (SSSR count). The number of benzene rings is 1. The molecule has 0 spiro atoms. The zero-order valence-electron chi connectivity index (χ0n) is 18.9. The van der Waals surface area contributed by atoms with E-state index in [9.17, 15) is 18.7 Å². The Morgan fingerprint density at radius 1 is 1.11 bits per heavy atom. The number of rotatable bonds is 5. The van der Waals surface area contributed by atoms with Gasteiger partial charge in [0.1, 0.15) is 11.3 Å². The van der Waals surface area contributed by atoms with Gasteiger partial charge in [-0.15, -0.1) is 0 Å². The average molecular weight is 487 g/mol. The van der Waals surface area contributed by atoms with Crippen LogP contribution in [0.1, 0.15) is 30.9 Å². The minimum Gasteiger partial charge on any atom is -0.494 e. The molecule has 0 aliphatic carbocycles. The molecule has 2 aromatic heterocycles. The van der Waals surface area contributed by atoms with Gasteiger partial charge >= 0.3 is 6.09 Å². The first-order valence-corrected chi connectivity index (χ1v) is 11.1. The first kappa shape index (κ1) is 22.9. The fourth-order valence-corrected chi connectivity index (χ4v) is 4.19. The maximum absolute atomic E-state index is 14.1. The van der Waals surface area contributed by atoms with E-state index in [0.717, 1.165) is 0 Å². The van der Waals surface area contributed by atoms with Crippen LogP contribution in [-0.4, -0.2) is 80.6 Å². The Morgan fingerprint density at radius 2 is 1.89 bits per heavy atom. The number of aromatic nitrogens is 5. The number of morpholine rings is 1. The summed E-state index contributed by atoms with van der Waals surface area (Å²) in [5, 5.41) is 9.43. The summed E-state index contributed by atoms with van der Waals surface area (Å²) in [6.45, 7) is 2.33. The highest BCUT2D eigenvalue weighted by molar-refractivity contribution is 5.84. The molecule has 0 unspecified atom stereocenters. The molecule has 11 nitrogen and oxygen atoms in total. The number of methoxy groups -OCH3 is 1. The average Bonchev–Trinajstić information content (AvgIpc) is 3.29. The molecule has 1 saturated heterocycles. The molecule has 1 amide bonds. The van der Waals surface area contributed by atoms with Gasteiger partial charge in [0.2, 0.25) is 11.9 Å². The van der Waals surface area contributed by atoms with Crippen molar-refractivity contribution >= 4 is 28.6 Å². The second kappa shape index (κ2) is 9.41. The molecular weight excluding hydrogens is 464 g/mol. The lowest BCUT2D eigenvalue weighted by Crippen LogP contribution is -2.38. The van der Waals surface area contributed by atoms with Crippen LogP contribution >= 0.6 is 0 Å². The monoisotopic (exact) mass is 487 g/mol. The predicted molar refractivity (Wildman–Crippen MR) is 121 cm³/mol. The molecule has 1 N–H and O–H groups in total. The molecule has 4 heterocycles. The van der Waals surface area contributed by atoms with Gasteiger partial charge in [0.05, 0.1) is 25.8 Å². The van der Waals surface area contributed by atoms with E-state index in [1.165, 1.54) is 22.8 Å². The lowest BCUT2D eigenvalue weighted by atomic mass is 10.1. The third-order valence-electron chi connectivity index (χ3n) is 5.88. The number of alkyl halides is 2. The molecule has 0 atom stereocenters. The van der Waals surface area contributed by atoms with Crippen molar-refractivity contribution in [3.8, 4) is 11.7 Å². The van der Waals surface area contributed by atoms with E-state index < -0.39 is 18.3 Å². The number of nitrogens with zero attached hydrogens (tertiary/aromatic N) is 7. The highest BCUT2D eigenvalue weighted by Crippen LogP contribution is 2.33. The molecule has 1 aromatic carbocycles. The molecule has 0 bridgehead atoms. The zero-order chi connectivity index (χ0) is 24.5. The second-order valence-electron chi connectivity index (χ2n) is 8.03. The van der Waals surface area contributed by atoms with Crippen molar-refractivity contribution in [3.63, 3.8) is 0 Å². The Kier molecular flexibility index (Phi) is 6.16. The van der Waals surface area contributed by atoms with E-state index >= 15 is 0 Å². The van der Waals surface area contributed by atoms with Gasteiger partial charge < -0.3 is 19.5 Å². The number of halogens is 2. The van der Waals surface area contributed by atoms with Crippen molar-refractivity contribution < 1.29 is 28.2 Å². The number of imidazole rings is 1. The smallest absolute Gasteiger partial charge is 0.411 e. The van der Waals surface area contributed by atoms with E-state index in [1.807, 2.05) is 4.90 Å². The van der Waals surface area contributed by atoms with Gasteiger partial charge in [-0.25, -0.2) is 18.6 Å². The zero-order valence-corrected chi connectivity index (χ0v) is 18.9. The number of ether oxygens (including phenoxy) is 2. The molecule has 1 fully saturated rings. The summed E-state index contributed by atoms with van der Waals surface area (Å²) < 4.78 is 40.2. The Morgan fingerprint density at radius 3 is 2.60 bits per heavy atom. The van der Waals surface area contributed by atoms with Crippen LogP contribution in [0, 0.1) is 0 Å². The highest BCUT2D eigenvalue weighted by atomic mass is 19.3. The molecule has 13 heteroatoms. The van der Waals surface area contributed by atoms with E-state index in [0.29, 0.717) is 68.5 Å². The molecule has 0 saturated carbocycles. The normalized spacial score (nSPS) is 16.6. The molecular formula is C22H23F2N7O4. The van der Waals surface area contributed by atoms with Crippen molar-refractivity contribution in [1.82, 2.24) is 29.4 Å². The van der Waals surface area contributed by atoms with Crippen LogP contribution in [0.15, 0.2) is 24.4 Å². The Hall–Kier alpha value is -3.87. The van der Waals surface area contributed by atoms with E-state index in [2.05, 4.69) is 19.9 Å². The molecule has 2 aliphatic heterocycles. The summed E-state index contributed by atoms with van der Waals surface area (Å²) in [4.78, 5) is 32.4. The topological polar surface area (TPSA) is 119 Å². The molecule has 3 aromatic rings. The third kappa shape index (κ3) is 4.34. The SMILES string of the molecule is COc1cccc2c1nc(C(F)F)n2-c1nc(C2=CN(C(=O)O)CCC2)nc(N2CCOCC2)n1. The molecule has 35 heavy (non-hydrogen) atoms. The summed E-state index contributed by atoms with van der Waals surface area (Å²) in [6, 6.07) is 4.95.